The van der Waals surface area contributed by atoms with Crippen molar-refractivity contribution in [3.05, 3.63) is 35.9 Å². The summed E-state index contributed by atoms with van der Waals surface area (Å²) in [5.74, 6) is -0.388. The molecular weight excluding hydrogens is 234 g/mol. The van der Waals surface area contributed by atoms with E-state index in [-0.39, 0.29) is 12.6 Å². The van der Waals surface area contributed by atoms with E-state index in [0.29, 0.717) is 13.0 Å². The van der Waals surface area contributed by atoms with Crippen LogP contribution < -0.4 is 0 Å². The molecule has 18 heavy (non-hydrogen) atoms. The summed E-state index contributed by atoms with van der Waals surface area (Å²) in [6.45, 7) is 2.11. The van der Waals surface area contributed by atoms with Gasteiger partial charge in [-0.05, 0) is 5.56 Å². The molecule has 0 spiro atoms. The lowest BCUT2D eigenvalue weighted by Crippen LogP contribution is -2.53. The highest BCUT2D eigenvalue weighted by atomic mass is 16.6. The molecule has 1 unspecified atom stereocenters. The highest BCUT2D eigenvalue weighted by Crippen LogP contribution is 2.20. The zero-order valence-corrected chi connectivity index (χ0v) is 10.2. The Morgan fingerprint density at radius 2 is 2.06 bits per heavy atom. The third-order valence-electron chi connectivity index (χ3n) is 2.71. The first-order valence-corrected chi connectivity index (χ1v) is 5.81. The molecule has 1 amide bonds. The SMILES string of the molecule is CC(=O)OC1CCN1C(=O)OCc1ccccc1. The van der Waals surface area contributed by atoms with Crippen LogP contribution in [0.4, 0.5) is 4.79 Å². The second-order valence-corrected chi connectivity index (χ2v) is 4.09. The van der Waals surface area contributed by atoms with Gasteiger partial charge < -0.3 is 9.47 Å². The molecule has 1 fully saturated rings. The number of likely N-dealkylation sites (tertiary alicyclic amines) is 1. The summed E-state index contributed by atoms with van der Waals surface area (Å²) in [6.07, 6.45) is -0.248. The zero-order chi connectivity index (χ0) is 13.0. The van der Waals surface area contributed by atoms with E-state index in [0.717, 1.165) is 5.56 Å². The van der Waals surface area contributed by atoms with Crippen LogP contribution in [-0.4, -0.2) is 29.7 Å². The van der Waals surface area contributed by atoms with Crippen molar-refractivity contribution in [3.8, 4) is 0 Å². The Balaban J connectivity index is 1.80. The van der Waals surface area contributed by atoms with Gasteiger partial charge in [-0.1, -0.05) is 30.3 Å². The zero-order valence-electron chi connectivity index (χ0n) is 10.2. The standard InChI is InChI=1S/C13H15NO4/c1-10(15)18-12-7-8-14(12)13(16)17-9-11-5-3-2-4-6-11/h2-6,12H,7-9H2,1H3. The largest absolute Gasteiger partial charge is 0.444 e. The van der Waals surface area contributed by atoms with Gasteiger partial charge in [0.2, 0.25) is 0 Å². The number of rotatable bonds is 3. The number of ether oxygens (including phenoxy) is 2. The minimum Gasteiger partial charge on any atom is -0.444 e. The Kier molecular flexibility index (Phi) is 3.82. The number of carbonyl (C=O) groups excluding carboxylic acids is 2. The molecule has 1 aromatic carbocycles. The average molecular weight is 249 g/mol. The lowest BCUT2D eigenvalue weighted by atomic mass is 10.2. The first kappa shape index (κ1) is 12.4. The molecule has 0 aromatic heterocycles. The van der Waals surface area contributed by atoms with Crippen molar-refractivity contribution >= 4 is 12.1 Å². The minimum atomic E-state index is -0.467. The van der Waals surface area contributed by atoms with Gasteiger partial charge in [0.05, 0.1) is 0 Å². The highest BCUT2D eigenvalue weighted by Gasteiger charge is 2.35. The Hall–Kier alpha value is -2.04. The monoisotopic (exact) mass is 249 g/mol. The Morgan fingerprint density at radius 1 is 1.33 bits per heavy atom. The van der Waals surface area contributed by atoms with Gasteiger partial charge in [0.15, 0.2) is 6.23 Å². The number of benzene rings is 1. The van der Waals surface area contributed by atoms with E-state index in [2.05, 4.69) is 0 Å². The normalized spacial score (nSPS) is 17.8. The van der Waals surface area contributed by atoms with Crippen LogP contribution in [0, 0.1) is 0 Å². The van der Waals surface area contributed by atoms with Crippen molar-refractivity contribution in [2.45, 2.75) is 26.2 Å². The summed E-state index contributed by atoms with van der Waals surface area (Å²) in [4.78, 5) is 23.9. The van der Waals surface area contributed by atoms with Crippen LogP contribution in [0.3, 0.4) is 0 Å². The quantitative estimate of drug-likeness (QED) is 0.768. The Labute approximate surface area is 105 Å². The van der Waals surface area contributed by atoms with Crippen molar-refractivity contribution in [2.75, 3.05) is 6.54 Å². The molecule has 5 nitrogen and oxygen atoms in total. The molecule has 0 N–H and O–H groups in total. The van der Waals surface area contributed by atoms with Gasteiger partial charge in [0.25, 0.3) is 0 Å². The summed E-state index contributed by atoms with van der Waals surface area (Å²) in [6, 6.07) is 9.43. The maximum Gasteiger partial charge on any atom is 0.413 e. The molecule has 0 radical (unpaired) electrons. The molecule has 1 heterocycles. The lowest BCUT2D eigenvalue weighted by molar-refractivity contribution is -0.165. The van der Waals surface area contributed by atoms with Crippen molar-refractivity contribution in [1.82, 2.24) is 4.90 Å². The molecule has 1 aliphatic heterocycles. The third kappa shape index (κ3) is 3.00. The van der Waals surface area contributed by atoms with Gasteiger partial charge in [-0.15, -0.1) is 0 Å². The maximum atomic E-state index is 11.7. The third-order valence-corrected chi connectivity index (χ3v) is 2.71. The van der Waals surface area contributed by atoms with Crippen LogP contribution >= 0.6 is 0 Å². The van der Waals surface area contributed by atoms with Gasteiger partial charge in [0, 0.05) is 19.9 Å². The number of carbonyl (C=O) groups is 2. The van der Waals surface area contributed by atoms with E-state index in [1.54, 1.807) is 0 Å². The van der Waals surface area contributed by atoms with Crippen molar-refractivity contribution in [3.63, 3.8) is 0 Å². The molecule has 0 aliphatic carbocycles. The van der Waals surface area contributed by atoms with Crippen LogP contribution in [0.15, 0.2) is 30.3 Å². The molecule has 1 saturated heterocycles. The van der Waals surface area contributed by atoms with Gasteiger partial charge in [0.1, 0.15) is 6.61 Å². The number of hydrogen-bond donors (Lipinski definition) is 0. The van der Waals surface area contributed by atoms with Crippen molar-refractivity contribution in [2.24, 2.45) is 0 Å². The van der Waals surface area contributed by atoms with E-state index < -0.39 is 12.3 Å². The number of esters is 1. The molecule has 1 atom stereocenters. The molecule has 1 aromatic rings. The van der Waals surface area contributed by atoms with E-state index in [1.807, 2.05) is 30.3 Å². The van der Waals surface area contributed by atoms with Gasteiger partial charge >= 0.3 is 12.1 Å². The fourth-order valence-corrected chi connectivity index (χ4v) is 1.69. The van der Waals surface area contributed by atoms with Gasteiger partial charge in [-0.3, -0.25) is 9.69 Å². The highest BCUT2D eigenvalue weighted by molar-refractivity contribution is 5.70. The Bertz CT molecular complexity index is 432. The van der Waals surface area contributed by atoms with E-state index in [1.165, 1.54) is 11.8 Å². The molecule has 2 rings (SSSR count). The maximum absolute atomic E-state index is 11.7. The fourth-order valence-electron chi connectivity index (χ4n) is 1.69. The van der Waals surface area contributed by atoms with Crippen LogP contribution in [0.5, 0.6) is 0 Å². The predicted octanol–water partition coefficient (Wildman–Crippen LogP) is 1.92. The average Bonchev–Trinajstić information content (AvgIpc) is 2.33. The first-order valence-electron chi connectivity index (χ1n) is 5.81. The van der Waals surface area contributed by atoms with Gasteiger partial charge in [-0.2, -0.15) is 0 Å². The molecule has 0 bridgehead atoms. The predicted molar refractivity (Wildman–Crippen MR) is 63.5 cm³/mol. The molecule has 5 heteroatoms. The summed E-state index contributed by atoms with van der Waals surface area (Å²) in [7, 11) is 0. The van der Waals surface area contributed by atoms with Crippen molar-refractivity contribution in [1.29, 1.82) is 0 Å². The van der Waals surface area contributed by atoms with Crippen LogP contribution in [0.2, 0.25) is 0 Å². The topological polar surface area (TPSA) is 55.8 Å². The molecule has 0 saturated carbocycles. The first-order chi connectivity index (χ1) is 8.66. The van der Waals surface area contributed by atoms with Crippen LogP contribution in [0.1, 0.15) is 18.9 Å². The summed E-state index contributed by atoms with van der Waals surface area (Å²) in [5, 5.41) is 0. The summed E-state index contributed by atoms with van der Waals surface area (Å²) in [5.41, 5.74) is 0.926. The molecule has 1 aliphatic rings. The van der Waals surface area contributed by atoms with Crippen molar-refractivity contribution < 1.29 is 19.1 Å². The van der Waals surface area contributed by atoms with E-state index in [4.69, 9.17) is 9.47 Å². The fraction of sp³-hybridized carbons (Fsp3) is 0.385. The summed E-state index contributed by atoms with van der Waals surface area (Å²) < 4.78 is 10.1. The lowest BCUT2D eigenvalue weighted by Gasteiger charge is -2.38. The molecular formula is C13H15NO4. The molecule has 96 valence electrons. The second kappa shape index (κ2) is 5.53. The number of nitrogens with zero attached hydrogens (tertiary/aromatic N) is 1. The Morgan fingerprint density at radius 3 is 2.61 bits per heavy atom. The minimum absolute atomic E-state index is 0.225. The van der Waals surface area contributed by atoms with Crippen LogP contribution in [-0.2, 0) is 20.9 Å². The van der Waals surface area contributed by atoms with E-state index in [9.17, 15) is 9.59 Å². The number of amides is 1. The van der Waals surface area contributed by atoms with E-state index >= 15 is 0 Å². The smallest absolute Gasteiger partial charge is 0.413 e. The van der Waals surface area contributed by atoms with Gasteiger partial charge in [-0.25, -0.2) is 4.79 Å². The van der Waals surface area contributed by atoms with Crippen LogP contribution in [0.25, 0.3) is 0 Å². The number of hydrogen-bond acceptors (Lipinski definition) is 4. The summed E-state index contributed by atoms with van der Waals surface area (Å²) >= 11 is 0. The second-order valence-electron chi connectivity index (χ2n) is 4.09.